The van der Waals surface area contributed by atoms with Crippen LogP contribution in [0.5, 0.6) is 0 Å². The number of halogens is 1. The van der Waals surface area contributed by atoms with Crippen LogP contribution in [0.4, 0.5) is 4.39 Å². The predicted molar refractivity (Wildman–Crippen MR) is 89.7 cm³/mol. The number of hydrazine groups is 1. The number of aromatic amines is 1. The Morgan fingerprint density at radius 1 is 1.30 bits per heavy atom. The number of nitrogens with one attached hydrogen (secondary N) is 2. The van der Waals surface area contributed by atoms with Gasteiger partial charge in [0.25, 0.3) is 11.8 Å². The molecule has 2 aromatic rings. The van der Waals surface area contributed by atoms with Crippen LogP contribution in [0.3, 0.4) is 0 Å². The Morgan fingerprint density at radius 3 is 2.78 bits per heavy atom. The monoisotopic (exact) mass is 347 g/mol. The molecule has 0 aliphatic carbocycles. The lowest BCUT2D eigenvalue weighted by atomic mass is 10.2. The number of benzene rings is 1. The normalized spacial score (nSPS) is 16.2. The standard InChI is InChI=1S/C15H10FN3O2S2/c16-11-6-2-1-5-10(11)13(20)18-19-14(21)12(23-15(19)22)8-9-4-3-7-17-9/h1-8,17H,(H,18,20)/b12-8+. The second kappa shape index (κ2) is 6.35. The Balaban J connectivity index is 1.79. The van der Waals surface area contributed by atoms with Gasteiger partial charge in [-0.2, -0.15) is 5.01 Å². The molecule has 23 heavy (non-hydrogen) atoms. The molecule has 5 nitrogen and oxygen atoms in total. The Hall–Kier alpha value is -2.45. The summed E-state index contributed by atoms with van der Waals surface area (Å²) in [6.45, 7) is 0. The van der Waals surface area contributed by atoms with E-state index in [2.05, 4.69) is 10.4 Å². The van der Waals surface area contributed by atoms with Gasteiger partial charge in [0.1, 0.15) is 5.82 Å². The molecule has 2 amide bonds. The zero-order valence-corrected chi connectivity index (χ0v) is 13.2. The number of thioether (sulfide) groups is 1. The fourth-order valence-corrected chi connectivity index (χ4v) is 3.12. The molecular formula is C15H10FN3O2S2. The molecule has 1 aliphatic heterocycles. The van der Waals surface area contributed by atoms with E-state index in [4.69, 9.17) is 12.2 Å². The number of hydrogen-bond donors (Lipinski definition) is 2. The molecule has 0 atom stereocenters. The number of thiocarbonyl (C=S) groups is 1. The highest BCUT2D eigenvalue weighted by Gasteiger charge is 2.34. The SMILES string of the molecule is O=C(NN1C(=O)/C(=C\c2ccc[nH]2)SC1=S)c1ccccc1F. The van der Waals surface area contributed by atoms with Crippen LogP contribution in [0.2, 0.25) is 0 Å². The highest BCUT2D eigenvalue weighted by molar-refractivity contribution is 8.26. The summed E-state index contributed by atoms with van der Waals surface area (Å²) in [5.74, 6) is -1.86. The van der Waals surface area contributed by atoms with Crippen molar-refractivity contribution in [2.75, 3.05) is 0 Å². The first-order chi connectivity index (χ1) is 11.1. The molecule has 1 saturated heterocycles. The van der Waals surface area contributed by atoms with Crippen LogP contribution in [-0.4, -0.2) is 26.1 Å². The van der Waals surface area contributed by atoms with Gasteiger partial charge >= 0.3 is 0 Å². The van der Waals surface area contributed by atoms with E-state index >= 15 is 0 Å². The van der Waals surface area contributed by atoms with Gasteiger partial charge in [0.15, 0.2) is 4.32 Å². The maximum atomic E-state index is 13.6. The number of rotatable bonds is 3. The van der Waals surface area contributed by atoms with E-state index < -0.39 is 17.6 Å². The minimum Gasteiger partial charge on any atom is -0.362 e. The molecule has 1 fully saturated rings. The van der Waals surface area contributed by atoms with Crippen molar-refractivity contribution in [1.82, 2.24) is 15.4 Å². The zero-order chi connectivity index (χ0) is 16.4. The molecule has 0 unspecified atom stereocenters. The third kappa shape index (κ3) is 3.17. The lowest BCUT2D eigenvalue weighted by Gasteiger charge is -2.15. The molecular weight excluding hydrogens is 337 g/mol. The summed E-state index contributed by atoms with van der Waals surface area (Å²) in [6.07, 6.45) is 3.36. The van der Waals surface area contributed by atoms with E-state index in [9.17, 15) is 14.0 Å². The van der Waals surface area contributed by atoms with Crippen molar-refractivity contribution in [3.63, 3.8) is 0 Å². The summed E-state index contributed by atoms with van der Waals surface area (Å²) in [5, 5.41) is 0.948. The summed E-state index contributed by atoms with van der Waals surface area (Å²) in [4.78, 5) is 27.7. The summed E-state index contributed by atoms with van der Waals surface area (Å²) >= 11 is 6.16. The molecule has 1 aromatic carbocycles. The van der Waals surface area contributed by atoms with Crippen molar-refractivity contribution >= 4 is 46.2 Å². The number of aromatic nitrogens is 1. The number of nitrogens with zero attached hydrogens (tertiary/aromatic N) is 1. The van der Waals surface area contributed by atoms with E-state index in [1.54, 1.807) is 24.4 Å². The van der Waals surface area contributed by atoms with E-state index in [-0.39, 0.29) is 9.88 Å². The topological polar surface area (TPSA) is 65.2 Å². The lowest BCUT2D eigenvalue weighted by Crippen LogP contribution is -2.45. The van der Waals surface area contributed by atoms with Gasteiger partial charge in [-0.3, -0.25) is 15.0 Å². The molecule has 1 aliphatic rings. The van der Waals surface area contributed by atoms with Crippen molar-refractivity contribution in [2.24, 2.45) is 0 Å². The summed E-state index contributed by atoms with van der Waals surface area (Å²) in [6, 6.07) is 9.11. The summed E-state index contributed by atoms with van der Waals surface area (Å²) in [7, 11) is 0. The summed E-state index contributed by atoms with van der Waals surface area (Å²) in [5.41, 5.74) is 2.92. The first kappa shape index (κ1) is 15.4. The number of amides is 2. The molecule has 116 valence electrons. The highest BCUT2D eigenvalue weighted by Crippen LogP contribution is 2.31. The Morgan fingerprint density at radius 2 is 2.09 bits per heavy atom. The highest BCUT2D eigenvalue weighted by atomic mass is 32.2. The number of carbonyl (C=O) groups is 2. The third-order valence-corrected chi connectivity index (χ3v) is 4.34. The lowest BCUT2D eigenvalue weighted by molar-refractivity contribution is -0.123. The van der Waals surface area contributed by atoms with Gasteiger partial charge in [0.2, 0.25) is 0 Å². The van der Waals surface area contributed by atoms with Crippen molar-refractivity contribution < 1.29 is 14.0 Å². The second-order valence-corrected chi connectivity index (χ2v) is 6.24. The van der Waals surface area contributed by atoms with Crippen molar-refractivity contribution in [1.29, 1.82) is 0 Å². The van der Waals surface area contributed by atoms with E-state index in [0.29, 0.717) is 4.91 Å². The van der Waals surface area contributed by atoms with E-state index in [0.717, 1.165) is 22.5 Å². The molecule has 2 N–H and O–H groups in total. The maximum absolute atomic E-state index is 13.6. The number of H-pyrrole nitrogens is 1. The van der Waals surface area contributed by atoms with Gasteiger partial charge in [0, 0.05) is 11.9 Å². The molecule has 0 saturated carbocycles. The Kier molecular flexibility index (Phi) is 4.26. The minimum atomic E-state index is -0.736. The Labute approximate surface area is 140 Å². The predicted octanol–water partition coefficient (Wildman–Crippen LogP) is 2.70. The van der Waals surface area contributed by atoms with Crippen molar-refractivity contribution in [3.05, 3.63) is 64.6 Å². The smallest absolute Gasteiger partial charge is 0.285 e. The van der Waals surface area contributed by atoms with Gasteiger partial charge in [0.05, 0.1) is 10.5 Å². The van der Waals surface area contributed by atoms with Crippen LogP contribution in [0.1, 0.15) is 16.1 Å². The summed E-state index contributed by atoms with van der Waals surface area (Å²) < 4.78 is 13.8. The Bertz CT molecular complexity index is 818. The first-order valence-corrected chi connectivity index (χ1v) is 7.75. The molecule has 0 spiro atoms. The van der Waals surface area contributed by atoms with E-state index in [1.165, 1.54) is 24.3 Å². The van der Waals surface area contributed by atoms with Gasteiger partial charge < -0.3 is 4.98 Å². The molecule has 3 rings (SSSR count). The van der Waals surface area contributed by atoms with Crippen LogP contribution in [0, 0.1) is 5.82 Å². The van der Waals surface area contributed by atoms with Crippen LogP contribution < -0.4 is 5.43 Å². The average molecular weight is 347 g/mol. The molecule has 8 heteroatoms. The quantitative estimate of drug-likeness (QED) is 0.662. The van der Waals surface area contributed by atoms with Gasteiger partial charge in [-0.25, -0.2) is 4.39 Å². The first-order valence-electron chi connectivity index (χ1n) is 6.53. The van der Waals surface area contributed by atoms with Crippen molar-refractivity contribution in [2.45, 2.75) is 0 Å². The molecule has 1 aromatic heterocycles. The largest absolute Gasteiger partial charge is 0.362 e. The zero-order valence-electron chi connectivity index (χ0n) is 11.6. The fraction of sp³-hybridized carbons (Fsp3) is 0. The third-order valence-electron chi connectivity index (χ3n) is 3.03. The molecule has 2 heterocycles. The van der Waals surface area contributed by atoms with Gasteiger partial charge in [-0.05, 0) is 42.6 Å². The molecule has 0 bridgehead atoms. The second-order valence-electron chi connectivity index (χ2n) is 4.56. The minimum absolute atomic E-state index is 0.158. The van der Waals surface area contributed by atoms with Crippen LogP contribution in [-0.2, 0) is 4.79 Å². The van der Waals surface area contributed by atoms with Gasteiger partial charge in [-0.15, -0.1) is 0 Å². The van der Waals surface area contributed by atoms with Crippen molar-refractivity contribution in [3.8, 4) is 0 Å². The number of carbonyl (C=O) groups excluding carboxylic acids is 2. The average Bonchev–Trinajstić information content (AvgIpc) is 3.12. The van der Waals surface area contributed by atoms with E-state index in [1.807, 2.05) is 0 Å². The van der Waals surface area contributed by atoms with Crippen LogP contribution >= 0.6 is 24.0 Å². The van der Waals surface area contributed by atoms with Gasteiger partial charge in [-0.1, -0.05) is 23.9 Å². The number of hydrogen-bond acceptors (Lipinski definition) is 4. The maximum Gasteiger partial charge on any atom is 0.285 e. The van der Waals surface area contributed by atoms with Crippen LogP contribution in [0.25, 0.3) is 6.08 Å². The fourth-order valence-electron chi connectivity index (χ4n) is 1.95. The van der Waals surface area contributed by atoms with Crippen LogP contribution in [0.15, 0.2) is 47.5 Å². The molecule has 0 radical (unpaired) electrons.